The summed E-state index contributed by atoms with van der Waals surface area (Å²) >= 11 is 0. The van der Waals surface area contributed by atoms with E-state index < -0.39 is 0 Å². The van der Waals surface area contributed by atoms with Crippen molar-refractivity contribution in [2.24, 2.45) is 0 Å². The Balaban J connectivity index is 1.03. The molecule has 2 unspecified atom stereocenters. The van der Waals surface area contributed by atoms with Gasteiger partial charge in [0.2, 0.25) is 5.88 Å². The number of benzene rings is 1. The summed E-state index contributed by atoms with van der Waals surface area (Å²) in [6.45, 7) is 5.79. The SMILES string of the molecule is CC(c1nc2ccc(C=O)nc2n1CC1CCO1)N1CCC(c2cccc(OCc3cccc4cc(F)cnc34)n2)CC1. The van der Waals surface area contributed by atoms with E-state index in [1.807, 2.05) is 36.4 Å². The van der Waals surface area contributed by atoms with E-state index in [0.717, 1.165) is 84.4 Å². The average Bonchev–Trinajstić information content (AvgIpc) is 3.38. The van der Waals surface area contributed by atoms with E-state index in [-0.39, 0.29) is 18.0 Å². The van der Waals surface area contributed by atoms with Gasteiger partial charge in [-0.15, -0.1) is 0 Å². The van der Waals surface area contributed by atoms with Gasteiger partial charge in [0.25, 0.3) is 0 Å². The van der Waals surface area contributed by atoms with Crippen LogP contribution in [0.25, 0.3) is 22.1 Å². The first-order valence-corrected chi connectivity index (χ1v) is 14.9. The molecule has 0 radical (unpaired) electrons. The summed E-state index contributed by atoms with van der Waals surface area (Å²) in [4.78, 5) is 32.6. The van der Waals surface area contributed by atoms with Gasteiger partial charge in [-0.3, -0.25) is 14.7 Å². The van der Waals surface area contributed by atoms with Gasteiger partial charge in [-0.2, -0.15) is 0 Å². The number of pyridine rings is 3. The average molecular weight is 581 g/mol. The minimum atomic E-state index is -0.354. The summed E-state index contributed by atoms with van der Waals surface area (Å²) < 4.78 is 27.6. The lowest BCUT2D eigenvalue weighted by Gasteiger charge is -2.36. The third kappa shape index (κ3) is 5.60. The molecule has 2 aliphatic rings. The van der Waals surface area contributed by atoms with Crippen LogP contribution in [0, 0.1) is 5.82 Å². The number of para-hydroxylation sites is 1. The van der Waals surface area contributed by atoms with Crippen LogP contribution in [-0.2, 0) is 17.9 Å². The summed E-state index contributed by atoms with van der Waals surface area (Å²) in [5.74, 6) is 1.50. The Hall–Kier alpha value is -4.28. The van der Waals surface area contributed by atoms with Gasteiger partial charge in [0.1, 0.15) is 29.5 Å². The van der Waals surface area contributed by atoms with E-state index >= 15 is 0 Å². The van der Waals surface area contributed by atoms with Crippen LogP contribution in [0.15, 0.2) is 60.8 Å². The number of fused-ring (bicyclic) bond motifs is 2. The molecule has 2 fully saturated rings. The number of nitrogens with zero attached hydrogens (tertiary/aromatic N) is 6. The van der Waals surface area contributed by atoms with Gasteiger partial charge in [0.05, 0.1) is 30.4 Å². The molecule has 0 saturated carbocycles. The normalized spacial score (nSPS) is 18.5. The number of likely N-dealkylation sites (tertiary alicyclic amines) is 1. The minimum absolute atomic E-state index is 0.0836. The monoisotopic (exact) mass is 580 g/mol. The Bertz CT molecular complexity index is 1780. The summed E-state index contributed by atoms with van der Waals surface area (Å²) in [5.41, 5.74) is 4.60. The fourth-order valence-corrected chi connectivity index (χ4v) is 6.18. The highest BCUT2D eigenvalue weighted by Gasteiger charge is 2.30. The molecule has 0 aliphatic carbocycles. The number of hydrogen-bond acceptors (Lipinski definition) is 8. The van der Waals surface area contributed by atoms with Gasteiger partial charge in [0.15, 0.2) is 11.9 Å². The Kier molecular flexibility index (Phi) is 7.54. The van der Waals surface area contributed by atoms with E-state index in [0.29, 0.717) is 30.6 Å². The summed E-state index contributed by atoms with van der Waals surface area (Å²) in [6, 6.07) is 16.8. The highest BCUT2D eigenvalue weighted by Crippen LogP contribution is 2.33. The molecule has 2 aliphatic heterocycles. The number of hydrogen-bond donors (Lipinski definition) is 0. The van der Waals surface area contributed by atoms with E-state index in [9.17, 15) is 9.18 Å². The van der Waals surface area contributed by atoms with Crippen LogP contribution in [0.4, 0.5) is 4.39 Å². The van der Waals surface area contributed by atoms with Crippen molar-refractivity contribution >= 4 is 28.4 Å². The van der Waals surface area contributed by atoms with Gasteiger partial charge >= 0.3 is 0 Å². The van der Waals surface area contributed by atoms with E-state index in [1.54, 1.807) is 6.07 Å². The second-order valence-corrected chi connectivity index (χ2v) is 11.4. The number of carbonyl (C=O) groups excluding carboxylic acids is 1. The van der Waals surface area contributed by atoms with Crippen LogP contribution in [0.1, 0.15) is 65.7 Å². The number of halogens is 1. The predicted octanol–water partition coefficient (Wildman–Crippen LogP) is 5.63. The molecule has 1 aromatic carbocycles. The van der Waals surface area contributed by atoms with Crippen LogP contribution in [0.3, 0.4) is 0 Å². The lowest BCUT2D eigenvalue weighted by Crippen LogP contribution is -2.37. The van der Waals surface area contributed by atoms with Gasteiger partial charge in [-0.25, -0.2) is 19.3 Å². The Morgan fingerprint density at radius 3 is 2.70 bits per heavy atom. The zero-order valence-electron chi connectivity index (χ0n) is 24.0. The number of aromatic nitrogens is 5. The Morgan fingerprint density at radius 2 is 1.91 bits per heavy atom. The third-order valence-corrected chi connectivity index (χ3v) is 8.69. The molecule has 10 heteroatoms. The van der Waals surface area contributed by atoms with Gasteiger partial charge in [-0.05, 0) is 63.5 Å². The highest BCUT2D eigenvalue weighted by molar-refractivity contribution is 5.81. The fourth-order valence-electron chi connectivity index (χ4n) is 6.18. The summed E-state index contributed by atoms with van der Waals surface area (Å²) in [5, 5.41) is 0.748. The molecule has 0 spiro atoms. The van der Waals surface area contributed by atoms with Crippen molar-refractivity contribution in [1.82, 2.24) is 29.4 Å². The minimum Gasteiger partial charge on any atom is -0.473 e. The first-order chi connectivity index (χ1) is 21.1. The van der Waals surface area contributed by atoms with Gasteiger partial charge in [0, 0.05) is 35.2 Å². The predicted molar refractivity (Wildman–Crippen MR) is 160 cm³/mol. The van der Waals surface area contributed by atoms with Crippen molar-refractivity contribution in [2.75, 3.05) is 19.7 Å². The first-order valence-electron chi connectivity index (χ1n) is 14.9. The van der Waals surface area contributed by atoms with Gasteiger partial charge < -0.3 is 14.0 Å². The molecule has 0 bridgehead atoms. The van der Waals surface area contributed by atoms with Crippen molar-refractivity contribution in [1.29, 1.82) is 0 Å². The second-order valence-electron chi connectivity index (χ2n) is 11.4. The van der Waals surface area contributed by atoms with Crippen molar-refractivity contribution in [3.8, 4) is 5.88 Å². The third-order valence-electron chi connectivity index (χ3n) is 8.69. The molecule has 220 valence electrons. The number of ether oxygens (including phenoxy) is 2. The molecule has 4 aromatic heterocycles. The summed E-state index contributed by atoms with van der Waals surface area (Å²) in [7, 11) is 0. The lowest BCUT2D eigenvalue weighted by molar-refractivity contribution is -0.0595. The molecular formula is C33H33FN6O3. The van der Waals surface area contributed by atoms with Crippen molar-refractivity contribution in [3.63, 3.8) is 0 Å². The molecule has 43 heavy (non-hydrogen) atoms. The molecule has 2 saturated heterocycles. The molecule has 0 N–H and O–H groups in total. The summed E-state index contributed by atoms with van der Waals surface area (Å²) in [6.07, 6.45) is 5.12. The fraction of sp³-hybridized carbons (Fsp3) is 0.364. The van der Waals surface area contributed by atoms with Crippen LogP contribution >= 0.6 is 0 Å². The second kappa shape index (κ2) is 11.8. The van der Waals surface area contributed by atoms with Crippen LogP contribution in [0.2, 0.25) is 0 Å². The largest absolute Gasteiger partial charge is 0.473 e. The number of imidazole rings is 1. The first kappa shape index (κ1) is 27.5. The zero-order valence-corrected chi connectivity index (χ0v) is 24.0. The topological polar surface area (TPSA) is 95.3 Å². The Labute approximate surface area is 248 Å². The lowest BCUT2D eigenvalue weighted by atomic mass is 9.92. The number of piperidine rings is 1. The van der Waals surface area contributed by atoms with E-state index in [2.05, 4.69) is 32.4 Å². The van der Waals surface area contributed by atoms with Gasteiger partial charge in [-0.1, -0.05) is 24.3 Å². The Morgan fingerprint density at radius 1 is 1.07 bits per heavy atom. The molecule has 0 amide bonds. The molecule has 5 aromatic rings. The molecule has 6 heterocycles. The highest BCUT2D eigenvalue weighted by atomic mass is 19.1. The maximum absolute atomic E-state index is 13.6. The maximum atomic E-state index is 13.6. The van der Waals surface area contributed by atoms with Crippen molar-refractivity contribution in [3.05, 3.63) is 89.4 Å². The molecule has 9 nitrogen and oxygen atoms in total. The molecule has 7 rings (SSSR count). The molecular weight excluding hydrogens is 547 g/mol. The van der Waals surface area contributed by atoms with Crippen molar-refractivity contribution < 1.29 is 18.7 Å². The zero-order chi connectivity index (χ0) is 29.3. The quantitative estimate of drug-likeness (QED) is 0.207. The van der Waals surface area contributed by atoms with Crippen LogP contribution < -0.4 is 4.74 Å². The smallest absolute Gasteiger partial charge is 0.213 e. The number of aldehydes is 1. The standard InChI is InChI=1S/C33H33FN6O3/c1-21(32-38-29-9-8-26(19-41)36-33(29)40(32)18-27-12-15-42-27)39-13-10-22(11-14-39)28-6-3-7-30(37-28)43-20-24-5-2-4-23-16-25(34)17-35-31(23)24/h2-9,16-17,19,21-22,27H,10-15,18,20H2,1H3. The van der Waals surface area contributed by atoms with E-state index in [1.165, 1.54) is 12.3 Å². The maximum Gasteiger partial charge on any atom is 0.213 e. The van der Waals surface area contributed by atoms with E-state index in [4.69, 9.17) is 19.4 Å². The molecule has 2 atom stereocenters. The van der Waals surface area contributed by atoms with Crippen LogP contribution in [-0.4, -0.2) is 61.5 Å². The number of carbonyl (C=O) groups is 1. The van der Waals surface area contributed by atoms with Crippen molar-refractivity contribution in [2.45, 2.75) is 57.4 Å². The number of rotatable bonds is 9. The van der Waals surface area contributed by atoms with Crippen LogP contribution in [0.5, 0.6) is 5.88 Å².